The molecule has 0 aliphatic carbocycles. The molecule has 0 N–H and O–H groups in total. The van der Waals surface area contributed by atoms with Crippen LogP contribution in [0, 0.1) is 17.7 Å². The number of amides is 1. The van der Waals surface area contributed by atoms with Crippen LogP contribution in [0.25, 0.3) is 0 Å². The van der Waals surface area contributed by atoms with Crippen LogP contribution < -0.4 is 4.90 Å². The number of nitrogens with zero attached hydrogens (tertiary/aromatic N) is 3. The summed E-state index contributed by atoms with van der Waals surface area (Å²) >= 11 is 6.40. The van der Waals surface area contributed by atoms with Gasteiger partial charge in [0.15, 0.2) is 0 Å². The molecule has 2 heterocycles. The zero-order valence-corrected chi connectivity index (χ0v) is 21.9. The van der Waals surface area contributed by atoms with Crippen LogP contribution in [-0.2, 0) is 10.0 Å². The number of anilines is 1. The third-order valence-electron chi connectivity index (χ3n) is 7.26. The van der Waals surface area contributed by atoms with E-state index in [0.717, 1.165) is 50.9 Å². The van der Waals surface area contributed by atoms with E-state index in [1.807, 2.05) is 12.1 Å². The molecule has 0 aromatic heterocycles. The highest BCUT2D eigenvalue weighted by atomic mass is 35.5. The topological polar surface area (TPSA) is 60.9 Å². The van der Waals surface area contributed by atoms with Gasteiger partial charge in [-0.25, -0.2) is 12.8 Å². The molecule has 9 heteroatoms. The summed E-state index contributed by atoms with van der Waals surface area (Å²) in [7, 11) is -0.137. The van der Waals surface area contributed by atoms with E-state index in [9.17, 15) is 17.6 Å². The molecule has 35 heavy (non-hydrogen) atoms. The molecule has 2 saturated heterocycles. The van der Waals surface area contributed by atoms with Crippen LogP contribution in [0.2, 0.25) is 5.02 Å². The van der Waals surface area contributed by atoms with Gasteiger partial charge in [-0.1, -0.05) is 11.6 Å². The molecule has 2 aliphatic rings. The van der Waals surface area contributed by atoms with Crippen LogP contribution in [0.5, 0.6) is 0 Å². The lowest BCUT2D eigenvalue weighted by molar-refractivity contribution is 0.0828. The Hall–Kier alpha value is -2.16. The minimum absolute atomic E-state index is 0.100. The Balaban J connectivity index is 1.26. The molecule has 2 aromatic carbocycles. The maximum atomic E-state index is 13.2. The fourth-order valence-electron chi connectivity index (χ4n) is 5.15. The molecule has 2 aliphatic heterocycles. The Bertz CT molecular complexity index is 1140. The first-order valence-electron chi connectivity index (χ1n) is 12.2. The van der Waals surface area contributed by atoms with Crippen molar-refractivity contribution in [1.82, 2.24) is 9.21 Å². The Morgan fingerprint density at radius 1 is 0.971 bits per heavy atom. The number of carbonyl (C=O) groups excluding carboxylic acids is 1. The van der Waals surface area contributed by atoms with Gasteiger partial charge in [0, 0.05) is 46.0 Å². The van der Waals surface area contributed by atoms with Gasteiger partial charge in [-0.15, -0.1) is 0 Å². The van der Waals surface area contributed by atoms with Crippen molar-refractivity contribution in [3.8, 4) is 0 Å². The van der Waals surface area contributed by atoms with Crippen LogP contribution in [0.1, 0.15) is 42.5 Å². The monoisotopic (exact) mass is 521 g/mol. The van der Waals surface area contributed by atoms with Crippen LogP contribution >= 0.6 is 11.6 Å². The third-order valence-corrected chi connectivity index (χ3v) is 9.49. The van der Waals surface area contributed by atoms with Gasteiger partial charge in [-0.3, -0.25) is 4.79 Å². The fourth-order valence-corrected chi connectivity index (χ4v) is 6.88. The zero-order chi connectivity index (χ0) is 25.2. The number of hydrogen-bond donors (Lipinski definition) is 0. The molecule has 0 spiro atoms. The van der Waals surface area contributed by atoms with E-state index in [1.54, 1.807) is 20.2 Å². The summed E-state index contributed by atoms with van der Waals surface area (Å²) in [5, 5.41) is 0.477. The number of benzene rings is 2. The zero-order valence-electron chi connectivity index (χ0n) is 20.3. The van der Waals surface area contributed by atoms with Crippen LogP contribution in [0.3, 0.4) is 0 Å². The average Bonchev–Trinajstić information content (AvgIpc) is 2.84. The smallest absolute Gasteiger partial charge is 0.254 e. The molecule has 6 nitrogen and oxygen atoms in total. The van der Waals surface area contributed by atoms with E-state index < -0.39 is 15.8 Å². The van der Waals surface area contributed by atoms with Gasteiger partial charge in [-0.05, 0) is 86.4 Å². The number of sulfonamides is 1. The van der Waals surface area contributed by atoms with Crippen LogP contribution in [0.4, 0.5) is 10.1 Å². The molecule has 0 radical (unpaired) electrons. The van der Waals surface area contributed by atoms with Crippen molar-refractivity contribution in [1.29, 1.82) is 0 Å². The second kappa shape index (κ2) is 10.8. The fraction of sp³-hybridized carbons (Fsp3) is 0.500. The second-order valence-electron chi connectivity index (χ2n) is 9.83. The molecular formula is C26H33ClFN3O3S. The predicted octanol–water partition coefficient (Wildman–Crippen LogP) is 4.89. The molecule has 4 rings (SSSR count). The van der Waals surface area contributed by atoms with Gasteiger partial charge in [0.25, 0.3) is 5.91 Å². The molecule has 0 saturated carbocycles. The van der Waals surface area contributed by atoms with Gasteiger partial charge in [0.1, 0.15) is 5.82 Å². The lowest BCUT2D eigenvalue weighted by Gasteiger charge is -2.37. The average molecular weight is 522 g/mol. The summed E-state index contributed by atoms with van der Waals surface area (Å²) in [4.78, 5) is 16.2. The molecule has 0 bridgehead atoms. The van der Waals surface area contributed by atoms with E-state index in [1.165, 1.54) is 33.5 Å². The van der Waals surface area contributed by atoms with Crippen molar-refractivity contribution in [2.24, 2.45) is 11.8 Å². The Morgan fingerprint density at radius 2 is 1.54 bits per heavy atom. The number of hydrogen-bond acceptors (Lipinski definition) is 4. The van der Waals surface area contributed by atoms with Crippen LogP contribution in [0.15, 0.2) is 47.4 Å². The quantitative estimate of drug-likeness (QED) is 0.543. The first-order valence-corrected chi connectivity index (χ1v) is 14.0. The summed E-state index contributed by atoms with van der Waals surface area (Å²) in [6.45, 7) is 2.92. The Morgan fingerprint density at radius 3 is 2.09 bits per heavy atom. The minimum Gasteiger partial charge on any atom is -0.371 e. The van der Waals surface area contributed by atoms with Crippen molar-refractivity contribution in [3.63, 3.8) is 0 Å². The molecule has 0 unspecified atom stereocenters. The van der Waals surface area contributed by atoms with Gasteiger partial charge in [-0.2, -0.15) is 4.31 Å². The molecule has 0 atom stereocenters. The summed E-state index contributed by atoms with van der Waals surface area (Å²) in [6.07, 6.45) is 5.01. The summed E-state index contributed by atoms with van der Waals surface area (Å²) in [6, 6.07) is 10.7. The Labute approximate surface area is 212 Å². The lowest BCUT2D eigenvalue weighted by Crippen LogP contribution is -2.39. The number of piperidine rings is 2. The van der Waals surface area contributed by atoms with Crippen molar-refractivity contribution in [2.75, 3.05) is 45.2 Å². The van der Waals surface area contributed by atoms with E-state index in [0.29, 0.717) is 35.5 Å². The predicted molar refractivity (Wildman–Crippen MR) is 137 cm³/mol. The standard InChI is InChI=1S/C26H33ClFN3O3S/c1-29(2)26(32)24-8-5-22(18-25(24)27)30-13-9-19(10-14-30)17-20-11-15-31(16-12-20)35(33,34)23-6-3-21(28)4-7-23/h3-8,18-20H,9-17H2,1-2H3. The summed E-state index contributed by atoms with van der Waals surface area (Å²) in [5.74, 6) is 0.614. The highest BCUT2D eigenvalue weighted by Crippen LogP contribution is 2.34. The van der Waals surface area contributed by atoms with Gasteiger partial charge < -0.3 is 9.80 Å². The largest absolute Gasteiger partial charge is 0.371 e. The lowest BCUT2D eigenvalue weighted by atomic mass is 9.83. The Kier molecular flexibility index (Phi) is 8.03. The van der Waals surface area contributed by atoms with Crippen molar-refractivity contribution < 1.29 is 17.6 Å². The second-order valence-corrected chi connectivity index (χ2v) is 12.2. The number of halogens is 2. The molecule has 190 valence electrons. The van der Waals surface area contributed by atoms with Gasteiger partial charge in [0.05, 0.1) is 15.5 Å². The highest BCUT2D eigenvalue weighted by Gasteiger charge is 2.31. The summed E-state index contributed by atoms with van der Waals surface area (Å²) < 4.78 is 40.4. The molecule has 1 amide bonds. The van der Waals surface area contributed by atoms with Gasteiger partial charge in [0.2, 0.25) is 10.0 Å². The normalized spacial score (nSPS) is 18.6. The van der Waals surface area contributed by atoms with E-state index in [4.69, 9.17) is 11.6 Å². The van der Waals surface area contributed by atoms with Gasteiger partial charge >= 0.3 is 0 Å². The van der Waals surface area contributed by atoms with E-state index >= 15 is 0 Å². The minimum atomic E-state index is -3.56. The van der Waals surface area contributed by atoms with Crippen LogP contribution in [-0.4, -0.2) is 63.8 Å². The first-order chi connectivity index (χ1) is 16.6. The molecular weight excluding hydrogens is 489 g/mol. The van der Waals surface area contributed by atoms with Crippen molar-refractivity contribution in [2.45, 2.75) is 37.0 Å². The van der Waals surface area contributed by atoms with E-state index in [-0.39, 0.29) is 10.8 Å². The maximum Gasteiger partial charge on any atom is 0.254 e. The highest BCUT2D eigenvalue weighted by molar-refractivity contribution is 7.89. The first kappa shape index (κ1) is 25.9. The summed E-state index contributed by atoms with van der Waals surface area (Å²) in [5.41, 5.74) is 1.56. The maximum absolute atomic E-state index is 13.2. The number of rotatable bonds is 6. The molecule has 2 aromatic rings. The van der Waals surface area contributed by atoms with Crippen molar-refractivity contribution >= 4 is 33.2 Å². The SMILES string of the molecule is CN(C)C(=O)c1ccc(N2CCC(CC3CCN(S(=O)(=O)c4ccc(F)cc4)CC3)CC2)cc1Cl. The van der Waals surface area contributed by atoms with Crippen molar-refractivity contribution in [3.05, 3.63) is 58.9 Å². The van der Waals surface area contributed by atoms with E-state index in [2.05, 4.69) is 4.90 Å². The molecule has 2 fully saturated rings. The number of carbonyl (C=O) groups is 1. The third kappa shape index (κ3) is 5.98.